The first-order chi connectivity index (χ1) is 13.7. The van der Waals surface area contributed by atoms with Crippen LogP contribution in [-0.2, 0) is 9.59 Å². The molecule has 0 atom stereocenters. The number of nitrogens with one attached hydrogen (secondary N) is 2. The fourth-order valence-corrected chi connectivity index (χ4v) is 3.18. The molecule has 0 aromatic heterocycles. The van der Waals surface area contributed by atoms with Gasteiger partial charge in [-0.25, -0.2) is 0 Å². The zero-order valence-corrected chi connectivity index (χ0v) is 17.9. The largest absolute Gasteiger partial charge is 0.497 e. The molecule has 0 aliphatic heterocycles. The van der Waals surface area contributed by atoms with Crippen molar-refractivity contribution in [1.82, 2.24) is 4.90 Å². The summed E-state index contributed by atoms with van der Waals surface area (Å²) in [5, 5.41) is 5.74. The van der Waals surface area contributed by atoms with E-state index < -0.39 is 0 Å². The number of amides is 2. The molecular formula is C22H29N3O4. The van der Waals surface area contributed by atoms with E-state index in [1.807, 2.05) is 32.9 Å². The van der Waals surface area contributed by atoms with Crippen LogP contribution in [0.25, 0.3) is 0 Å². The van der Waals surface area contributed by atoms with Crippen molar-refractivity contribution in [1.29, 1.82) is 0 Å². The number of likely N-dealkylation sites (N-methyl/N-ethyl adjacent to an activating group) is 1. The van der Waals surface area contributed by atoms with Gasteiger partial charge >= 0.3 is 0 Å². The lowest BCUT2D eigenvalue weighted by molar-refractivity contribution is -0.119. The van der Waals surface area contributed by atoms with E-state index in [2.05, 4.69) is 10.6 Å². The van der Waals surface area contributed by atoms with E-state index in [0.29, 0.717) is 17.2 Å². The van der Waals surface area contributed by atoms with Gasteiger partial charge in [-0.1, -0.05) is 17.7 Å². The fourth-order valence-electron chi connectivity index (χ4n) is 3.18. The minimum atomic E-state index is -0.238. The normalized spacial score (nSPS) is 10.6. The molecule has 156 valence electrons. The lowest BCUT2D eigenvalue weighted by Crippen LogP contribution is -2.36. The van der Waals surface area contributed by atoms with E-state index in [1.54, 1.807) is 44.4 Å². The second-order valence-electron chi connectivity index (χ2n) is 7.14. The number of methoxy groups -OCH3 is 2. The van der Waals surface area contributed by atoms with Crippen LogP contribution in [0.1, 0.15) is 16.7 Å². The monoisotopic (exact) mass is 399 g/mol. The van der Waals surface area contributed by atoms with Crippen molar-refractivity contribution < 1.29 is 19.1 Å². The Balaban J connectivity index is 1.92. The van der Waals surface area contributed by atoms with Gasteiger partial charge in [0.1, 0.15) is 11.5 Å². The lowest BCUT2D eigenvalue weighted by Gasteiger charge is -2.18. The van der Waals surface area contributed by atoms with Crippen LogP contribution in [0.2, 0.25) is 0 Å². The molecule has 0 heterocycles. The van der Waals surface area contributed by atoms with Gasteiger partial charge in [0, 0.05) is 29.6 Å². The van der Waals surface area contributed by atoms with Crippen LogP contribution in [0, 0.1) is 20.8 Å². The van der Waals surface area contributed by atoms with Gasteiger partial charge in [0.05, 0.1) is 27.3 Å². The maximum atomic E-state index is 12.4. The summed E-state index contributed by atoms with van der Waals surface area (Å²) in [5.41, 5.74) is 4.57. The van der Waals surface area contributed by atoms with Crippen molar-refractivity contribution in [3.63, 3.8) is 0 Å². The smallest absolute Gasteiger partial charge is 0.238 e. The van der Waals surface area contributed by atoms with E-state index in [1.165, 1.54) is 0 Å². The molecule has 0 spiro atoms. The van der Waals surface area contributed by atoms with E-state index in [-0.39, 0.29) is 24.9 Å². The number of rotatable bonds is 8. The average Bonchev–Trinajstić information content (AvgIpc) is 2.63. The molecule has 0 radical (unpaired) electrons. The van der Waals surface area contributed by atoms with Crippen molar-refractivity contribution in [3.05, 3.63) is 47.0 Å². The molecule has 0 aliphatic carbocycles. The topological polar surface area (TPSA) is 79.9 Å². The van der Waals surface area contributed by atoms with Gasteiger partial charge in [0.15, 0.2) is 0 Å². The molecule has 2 N–H and O–H groups in total. The average molecular weight is 399 g/mol. The second kappa shape index (κ2) is 9.93. The van der Waals surface area contributed by atoms with Gasteiger partial charge in [-0.05, 0) is 38.9 Å². The summed E-state index contributed by atoms with van der Waals surface area (Å²) in [5.74, 6) is 0.754. The molecular weight excluding hydrogens is 370 g/mol. The first-order valence-corrected chi connectivity index (χ1v) is 9.31. The van der Waals surface area contributed by atoms with Crippen molar-refractivity contribution >= 4 is 23.2 Å². The second-order valence-corrected chi connectivity index (χ2v) is 7.14. The minimum Gasteiger partial charge on any atom is -0.497 e. The number of nitrogens with zero attached hydrogens (tertiary/aromatic N) is 1. The Kier molecular flexibility index (Phi) is 7.61. The van der Waals surface area contributed by atoms with Gasteiger partial charge in [-0.15, -0.1) is 0 Å². The Morgan fingerprint density at radius 3 is 1.79 bits per heavy atom. The summed E-state index contributed by atoms with van der Waals surface area (Å²) >= 11 is 0. The van der Waals surface area contributed by atoms with Gasteiger partial charge in [-0.3, -0.25) is 14.5 Å². The quantitative estimate of drug-likeness (QED) is 0.713. The van der Waals surface area contributed by atoms with Crippen molar-refractivity contribution in [3.8, 4) is 11.5 Å². The molecule has 0 fully saturated rings. The zero-order chi connectivity index (χ0) is 21.6. The molecule has 2 aromatic rings. The summed E-state index contributed by atoms with van der Waals surface area (Å²) in [4.78, 5) is 26.4. The molecule has 0 saturated heterocycles. The molecule has 7 heteroatoms. The number of carbonyl (C=O) groups is 2. The third kappa shape index (κ3) is 6.50. The van der Waals surface area contributed by atoms with Crippen LogP contribution >= 0.6 is 0 Å². The standard InChI is InChI=1S/C22H29N3O4/c1-14-7-15(2)22(16(3)8-14)24-21(27)13-25(4)12-20(26)23-17-9-18(28-5)11-19(10-17)29-6/h7-11H,12-13H2,1-6H3,(H,23,26)(H,24,27). The summed E-state index contributed by atoms with van der Waals surface area (Å²) in [6, 6.07) is 9.19. The number of aryl methyl sites for hydroxylation is 3. The third-order valence-electron chi connectivity index (χ3n) is 4.40. The number of hydrogen-bond acceptors (Lipinski definition) is 5. The SMILES string of the molecule is COc1cc(NC(=O)CN(C)CC(=O)Nc2c(C)cc(C)cc2C)cc(OC)c1. The molecule has 2 aromatic carbocycles. The summed E-state index contributed by atoms with van der Waals surface area (Å²) < 4.78 is 10.4. The highest BCUT2D eigenvalue weighted by atomic mass is 16.5. The molecule has 0 aliphatic rings. The van der Waals surface area contributed by atoms with E-state index in [4.69, 9.17) is 9.47 Å². The first kappa shape index (κ1) is 22.2. The molecule has 2 amide bonds. The van der Waals surface area contributed by atoms with Gasteiger partial charge in [0.2, 0.25) is 11.8 Å². The number of carbonyl (C=O) groups excluding carboxylic acids is 2. The van der Waals surface area contributed by atoms with Gasteiger partial charge in [-0.2, -0.15) is 0 Å². The van der Waals surface area contributed by atoms with Crippen LogP contribution in [0.5, 0.6) is 11.5 Å². The number of benzene rings is 2. The van der Waals surface area contributed by atoms with Crippen molar-refractivity contribution in [2.45, 2.75) is 20.8 Å². The van der Waals surface area contributed by atoms with E-state index in [0.717, 1.165) is 22.4 Å². The molecule has 0 bridgehead atoms. The highest BCUT2D eigenvalue weighted by Crippen LogP contribution is 2.25. The molecule has 29 heavy (non-hydrogen) atoms. The van der Waals surface area contributed by atoms with E-state index in [9.17, 15) is 9.59 Å². The lowest BCUT2D eigenvalue weighted by atomic mass is 10.1. The Morgan fingerprint density at radius 2 is 1.31 bits per heavy atom. The highest BCUT2D eigenvalue weighted by molar-refractivity contribution is 5.95. The minimum absolute atomic E-state index is 0.0683. The molecule has 7 nitrogen and oxygen atoms in total. The molecule has 0 unspecified atom stereocenters. The first-order valence-electron chi connectivity index (χ1n) is 9.31. The van der Waals surface area contributed by atoms with Crippen LogP contribution in [0.3, 0.4) is 0 Å². The zero-order valence-electron chi connectivity index (χ0n) is 17.9. The summed E-state index contributed by atoms with van der Waals surface area (Å²) in [7, 11) is 4.81. The van der Waals surface area contributed by atoms with Crippen molar-refractivity contribution in [2.75, 3.05) is 45.0 Å². The highest BCUT2D eigenvalue weighted by Gasteiger charge is 2.14. The van der Waals surface area contributed by atoms with Crippen LogP contribution in [0.4, 0.5) is 11.4 Å². The Bertz CT molecular complexity index is 850. The number of anilines is 2. The fraction of sp³-hybridized carbons (Fsp3) is 0.364. The number of hydrogen-bond donors (Lipinski definition) is 2. The predicted octanol–water partition coefficient (Wildman–Crippen LogP) is 3.14. The van der Waals surface area contributed by atoms with Gasteiger partial charge < -0.3 is 20.1 Å². The summed E-state index contributed by atoms with van der Waals surface area (Å²) in [6.45, 7) is 6.13. The predicted molar refractivity (Wildman–Crippen MR) is 115 cm³/mol. The maximum absolute atomic E-state index is 12.4. The van der Waals surface area contributed by atoms with Gasteiger partial charge in [0.25, 0.3) is 0 Å². The van der Waals surface area contributed by atoms with Crippen LogP contribution in [0.15, 0.2) is 30.3 Å². The van der Waals surface area contributed by atoms with Crippen LogP contribution < -0.4 is 20.1 Å². The van der Waals surface area contributed by atoms with E-state index >= 15 is 0 Å². The Morgan fingerprint density at radius 1 is 0.828 bits per heavy atom. The van der Waals surface area contributed by atoms with Crippen LogP contribution in [-0.4, -0.2) is 51.1 Å². The maximum Gasteiger partial charge on any atom is 0.238 e. The Hall–Kier alpha value is -3.06. The Labute approximate surface area is 172 Å². The van der Waals surface area contributed by atoms with Crippen molar-refractivity contribution in [2.24, 2.45) is 0 Å². The molecule has 2 rings (SSSR count). The number of ether oxygens (including phenoxy) is 2. The summed E-state index contributed by atoms with van der Waals surface area (Å²) in [6.07, 6.45) is 0. The third-order valence-corrected chi connectivity index (χ3v) is 4.40. The molecule has 0 saturated carbocycles.